The maximum absolute atomic E-state index is 14.0. The summed E-state index contributed by atoms with van der Waals surface area (Å²) in [5, 5.41) is 15.7. The highest BCUT2D eigenvalue weighted by Crippen LogP contribution is 2.28. The lowest BCUT2D eigenvalue weighted by atomic mass is 9.95. The first-order valence-electron chi connectivity index (χ1n) is 12.5. The van der Waals surface area contributed by atoms with Crippen molar-refractivity contribution in [1.82, 2.24) is 10.2 Å². The molecule has 0 heterocycles. The van der Waals surface area contributed by atoms with E-state index in [-0.39, 0.29) is 18.2 Å². The summed E-state index contributed by atoms with van der Waals surface area (Å²) >= 11 is 0. The van der Waals surface area contributed by atoms with Crippen molar-refractivity contribution in [1.29, 1.82) is 0 Å². The Morgan fingerprint density at radius 1 is 1.13 bits per heavy atom. The SMILES string of the molecule is C=CCN(C(=O)C(NC(=O)OC(C)(C)C)C(C)CC)C(C(=O)Nc1ccc(OC)cc1)c1cccc(O)c1. The second-order valence-corrected chi connectivity index (χ2v) is 10.0. The van der Waals surface area contributed by atoms with Gasteiger partial charge in [-0.1, -0.05) is 38.5 Å². The van der Waals surface area contributed by atoms with Gasteiger partial charge in [-0.15, -0.1) is 6.58 Å². The van der Waals surface area contributed by atoms with E-state index < -0.39 is 35.6 Å². The average Bonchev–Trinajstić information content (AvgIpc) is 2.85. The van der Waals surface area contributed by atoms with E-state index in [1.165, 1.54) is 23.1 Å². The zero-order valence-corrected chi connectivity index (χ0v) is 23.0. The van der Waals surface area contributed by atoms with E-state index in [1.54, 1.807) is 64.3 Å². The molecule has 0 radical (unpaired) electrons. The van der Waals surface area contributed by atoms with E-state index in [2.05, 4.69) is 17.2 Å². The fourth-order valence-corrected chi connectivity index (χ4v) is 3.81. The van der Waals surface area contributed by atoms with E-state index in [9.17, 15) is 19.5 Å². The van der Waals surface area contributed by atoms with Crippen LogP contribution < -0.4 is 15.4 Å². The van der Waals surface area contributed by atoms with Crippen molar-refractivity contribution in [2.75, 3.05) is 19.0 Å². The second kappa shape index (κ2) is 13.5. The number of rotatable bonds is 11. The molecule has 2 aromatic carbocycles. The van der Waals surface area contributed by atoms with Crippen LogP contribution in [0.1, 0.15) is 52.6 Å². The molecule has 206 valence electrons. The number of benzene rings is 2. The Morgan fingerprint density at radius 3 is 2.32 bits per heavy atom. The van der Waals surface area contributed by atoms with Gasteiger partial charge in [-0.3, -0.25) is 9.59 Å². The Kier molecular flexibility index (Phi) is 10.7. The van der Waals surface area contributed by atoms with Crippen LogP contribution in [0.25, 0.3) is 0 Å². The average molecular weight is 526 g/mol. The summed E-state index contributed by atoms with van der Waals surface area (Å²) in [6.45, 7) is 12.7. The minimum absolute atomic E-state index is 0.0120. The van der Waals surface area contributed by atoms with Gasteiger partial charge in [0.1, 0.15) is 29.2 Å². The number of aromatic hydroxyl groups is 1. The normalized spacial score (nSPS) is 13.4. The number of phenols is 1. The molecule has 3 N–H and O–H groups in total. The molecule has 0 saturated heterocycles. The van der Waals surface area contributed by atoms with Crippen LogP contribution in [0.4, 0.5) is 10.5 Å². The zero-order valence-electron chi connectivity index (χ0n) is 23.0. The molecule has 38 heavy (non-hydrogen) atoms. The summed E-state index contributed by atoms with van der Waals surface area (Å²) in [5.74, 6) is -0.682. The molecule has 2 rings (SSSR count). The molecule has 9 nitrogen and oxygen atoms in total. The summed E-state index contributed by atoms with van der Waals surface area (Å²) in [4.78, 5) is 41.7. The summed E-state index contributed by atoms with van der Waals surface area (Å²) < 4.78 is 10.6. The molecule has 0 fully saturated rings. The molecule has 3 amide bonds. The van der Waals surface area contributed by atoms with Crippen LogP contribution in [0.15, 0.2) is 61.2 Å². The summed E-state index contributed by atoms with van der Waals surface area (Å²) in [7, 11) is 1.54. The van der Waals surface area contributed by atoms with Crippen molar-refractivity contribution in [3.63, 3.8) is 0 Å². The Labute approximate surface area is 224 Å². The molecule has 9 heteroatoms. The van der Waals surface area contributed by atoms with Gasteiger partial charge in [0.15, 0.2) is 0 Å². The highest BCUT2D eigenvalue weighted by atomic mass is 16.6. The van der Waals surface area contributed by atoms with Crippen LogP contribution in [-0.2, 0) is 14.3 Å². The van der Waals surface area contributed by atoms with Crippen molar-refractivity contribution in [3.8, 4) is 11.5 Å². The lowest BCUT2D eigenvalue weighted by molar-refractivity contribution is -0.141. The Balaban J connectivity index is 2.50. The first-order chi connectivity index (χ1) is 17.9. The number of alkyl carbamates (subject to hydrolysis) is 1. The van der Waals surface area contributed by atoms with Gasteiger partial charge in [0.05, 0.1) is 7.11 Å². The molecule has 0 saturated carbocycles. The van der Waals surface area contributed by atoms with Gasteiger partial charge in [0.2, 0.25) is 5.91 Å². The van der Waals surface area contributed by atoms with E-state index in [0.29, 0.717) is 23.4 Å². The van der Waals surface area contributed by atoms with Crippen LogP contribution in [0.3, 0.4) is 0 Å². The first-order valence-corrected chi connectivity index (χ1v) is 12.5. The van der Waals surface area contributed by atoms with Crippen molar-refractivity contribution in [2.45, 2.75) is 58.7 Å². The van der Waals surface area contributed by atoms with E-state index in [1.807, 2.05) is 13.8 Å². The molecule has 2 aromatic rings. The predicted octanol–water partition coefficient (Wildman–Crippen LogP) is 5.03. The largest absolute Gasteiger partial charge is 0.508 e. The highest BCUT2D eigenvalue weighted by molar-refractivity contribution is 5.99. The molecule has 0 aliphatic rings. The van der Waals surface area contributed by atoms with Gasteiger partial charge >= 0.3 is 6.09 Å². The minimum Gasteiger partial charge on any atom is -0.508 e. The smallest absolute Gasteiger partial charge is 0.408 e. The second-order valence-electron chi connectivity index (χ2n) is 10.0. The van der Waals surface area contributed by atoms with Crippen molar-refractivity contribution in [3.05, 3.63) is 66.7 Å². The Morgan fingerprint density at radius 2 is 1.79 bits per heavy atom. The number of nitrogens with zero attached hydrogens (tertiary/aromatic N) is 1. The quantitative estimate of drug-likeness (QED) is 0.354. The predicted molar refractivity (Wildman–Crippen MR) is 147 cm³/mol. The van der Waals surface area contributed by atoms with Crippen molar-refractivity contribution in [2.24, 2.45) is 5.92 Å². The third-order valence-electron chi connectivity index (χ3n) is 5.86. The fourth-order valence-electron chi connectivity index (χ4n) is 3.81. The number of methoxy groups -OCH3 is 1. The number of nitrogens with one attached hydrogen (secondary N) is 2. The minimum atomic E-state index is -1.14. The third-order valence-corrected chi connectivity index (χ3v) is 5.86. The number of hydrogen-bond acceptors (Lipinski definition) is 6. The standard InChI is InChI=1S/C29H39N3O6/c1-8-17-32(27(35)24(19(3)9-2)31-28(36)38-29(4,5)6)25(20-11-10-12-22(33)18-20)26(34)30-21-13-15-23(37-7)16-14-21/h8,10-16,18-19,24-25,33H,1,9,17H2,2-7H3,(H,30,34)(H,31,36). The molecule has 0 aliphatic heterocycles. The summed E-state index contributed by atoms with van der Waals surface area (Å²) in [5.41, 5.74) is 0.139. The fraction of sp³-hybridized carbons (Fsp3) is 0.414. The highest BCUT2D eigenvalue weighted by Gasteiger charge is 2.37. The van der Waals surface area contributed by atoms with Crippen LogP contribution in [-0.4, -0.2) is 53.2 Å². The zero-order chi connectivity index (χ0) is 28.5. The van der Waals surface area contributed by atoms with Gasteiger partial charge in [-0.05, 0) is 68.7 Å². The van der Waals surface area contributed by atoms with Crippen LogP contribution in [0, 0.1) is 5.92 Å². The molecule has 3 atom stereocenters. The van der Waals surface area contributed by atoms with Crippen molar-refractivity contribution < 1.29 is 29.0 Å². The van der Waals surface area contributed by atoms with Gasteiger partial charge in [-0.25, -0.2) is 4.79 Å². The topological polar surface area (TPSA) is 117 Å². The first kappa shape index (κ1) is 30.2. The maximum Gasteiger partial charge on any atom is 0.408 e. The Bertz CT molecular complexity index is 1110. The van der Waals surface area contributed by atoms with E-state index >= 15 is 0 Å². The van der Waals surface area contributed by atoms with E-state index in [4.69, 9.17) is 9.47 Å². The number of phenolic OH excluding ortho intramolecular Hbond substituents is 1. The molecule has 0 bridgehead atoms. The lowest BCUT2D eigenvalue weighted by Crippen LogP contribution is -2.54. The summed E-state index contributed by atoms with van der Waals surface area (Å²) in [6, 6.07) is 10.8. The van der Waals surface area contributed by atoms with Gasteiger partial charge in [-0.2, -0.15) is 0 Å². The van der Waals surface area contributed by atoms with Gasteiger partial charge in [0, 0.05) is 12.2 Å². The molecule has 0 aromatic heterocycles. The van der Waals surface area contributed by atoms with Gasteiger partial charge in [0.25, 0.3) is 5.91 Å². The van der Waals surface area contributed by atoms with Crippen molar-refractivity contribution >= 4 is 23.6 Å². The Hall–Kier alpha value is -4.01. The number of carbonyl (C=O) groups is 3. The number of ether oxygens (including phenoxy) is 2. The molecular formula is C29H39N3O6. The third kappa shape index (κ3) is 8.54. The van der Waals surface area contributed by atoms with E-state index in [0.717, 1.165) is 0 Å². The monoisotopic (exact) mass is 525 g/mol. The van der Waals surface area contributed by atoms with Gasteiger partial charge < -0.3 is 30.1 Å². The maximum atomic E-state index is 14.0. The molecule has 0 aliphatic carbocycles. The number of amides is 3. The molecule has 3 unspecified atom stereocenters. The molecule has 0 spiro atoms. The summed E-state index contributed by atoms with van der Waals surface area (Å²) in [6.07, 6.45) is 1.37. The molecular weight excluding hydrogens is 486 g/mol. The van der Waals surface area contributed by atoms with Crippen LogP contribution >= 0.6 is 0 Å². The number of carbonyl (C=O) groups excluding carboxylic acids is 3. The number of anilines is 1. The van der Waals surface area contributed by atoms with Crippen LogP contribution in [0.5, 0.6) is 11.5 Å². The number of hydrogen-bond donors (Lipinski definition) is 3. The lowest BCUT2D eigenvalue weighted by Gasteiger charge is -2.35. The van der Waals surface area contributed by atoms with Crippen LogP contribution in [0.2, 0.25) is 0 Å².